The molecule has 0 radical (unpaired) electrons. The summed E-state index contributed by atoms with van der Waals surface area (Å²) in [5.74, 6) is -0.0368. The minimum absolute atomic E-state index is 0.0368. The average molecular weight is 409 g/mol. The number of methoxy groups -OCH3 is 1. The van der Waals surface area contributed by atoms with Crippen molar-refractivity contribution >= 4 is 12.0 Å². The van der Waals surface area contributed by atoms with Crippen LogP contribution in [0.25, 0.3) is 0 Å². The van der Waals surface area contributed by atoms with Crippen LogP contribution in [0.4, 0.5) is 4.79 Å². The molecular weight excluding hydrogens is 382 g/mol. The van der Waals surface area contributed by atoms with Gasteiger partial charge in [0.05, 0.1) is 6.54 Å². The summed E-state index contributed by atoms with van der Waals surface area (Å²) in [5, 5.41) is 0. The molecule has 7 nitrogen and oxygen atoms in total. The predicted octanol–water partition coefficient (Wildman–Crippen LogP) is 2.96. The maximum Gasteiger partial charge on any atom is 0.411 e. The molecule has 1 atom stereocenters. The summed E-state index contributed by atoms with van der Waals surface area (Å²) in [5.41, 5.74) is 0.590. The molecule has 3 heterocycles. The van der Waals surface area contributed by atoms with Crippen molar-refractivity contribution in [1.29, 1.82) is 0 Å². The number of carbonyl (C=O) groups is 2. The maximum absolute atomic E-state index is 13.1. The molecule has 1 aromatic heterocycles. The molecule has 2 amide bonds. The van der Waals surface area contributed by atoms with Crippen LogP contribution in [0, 0.1) is 0 Å². The second-order valence-electron chi connectivity index (χ2n) is 8.06. The van der Waals surface area contributed by atoms with E-state index in [2.05, 4.69) is 11.9 Å². The molecule has 0 bridgehead atoms. The highest BCUT2D eigenvalue weighted by molar-refractivity contribution is 5.78. The van der Waals surface area contributed by atoms with Crippen molar-refractivity contribution < 1.29 is 19.1 Å². The van der Waals surface area contributed by atoms with Gasteiger partial charge in [-0.05, 0) is 24.1 Å². The van der Waals surface area contributed by atoms with E-state index in [-0.39, 0.29) is 18.6 Å². The molecule has 2 saturated heterocycles. The Morgan fingerprint density at radius 2 is 1.90 bits per heavy atom. The van der Waals surface area contributed by atoms with Crippen molar-refractivity contribution in [2.75, 3.05) is 26.8 Å². The van der Waals surface area contributed by atoms with Gasteiger partial charge in [-0.2, -0.15) is 0 Å². The Bertz CT molecular complexity index is 897. The molecule has 4 rings (SSSR count). The monoisotopic (exact) mass is 409 g/mol. The molecule has 2 fully saturated rings. The number of likely N-dealkylation sites (tertiary alicyclic amines) is 1. The number of amides is 2. The van der Waals surface area contributed by atoms with Crippen molar-refractivity contribution in [3.63, 3.8) is 0 Å². The van der Waals surface area contributed by atoms with E-state index in [4.69, 9.17) is 9.47 Å². The van der Waals surface area contributed by atoms with Crippen molar-refractivity contribution in [3.8, 4) is 0 Å². The van der Waals surface area contributed by atoms with Gasteiger partial charge in [0.15, 0.2) is 0 Å². The lowest BCUT2D eigenvalue weighted by Crippen LogP contribution is -2.59. The quantitative estimate of drug-likeness (QED) is 0.759. The first-order valence-corrected chi connectivity index (χ1v) is 10.2. The minimum Gasteiger partial charge on any atom is -0.440 e. The Morgan fingerprint density at radius 1 is 1.17 bits per heavy atom. The lowest BCUT2D eigenvalue weighted by atomic mass is 9.70. The van der Waals surface area contributed by atoms with Crippen molar-refractivity contribution in [2.24, 2.45) is 0 Å². The third kappa shape index (κ3) is 3.33. The third-order valence-corrected chi connectivity index (χ3v) is 6.52. The predicted molar refractivity (Wildman–Crippen MR) is 110 cm³/mol. The number of hydrogen-bond donors (Lipinski definition) is 0. The van der Waals surface area contributed by atoms with Gasteiger partial charge in [-0.25, -0.2) is 4.79 Å². The van der Waals surface area contributed by atoms with Crippen LogP contribution in [0.2, 0.25) is 0 Å². The van der Waals surface area contributed by atoms with Crippen LogP contribution in [0.15, 0.2) is 54.9 Å². The molecular formula is C23H27N3O4. The van der Waals surface area contributed by atoms with E-state index < -0.39 is 11.1 Å². The summed E-state index contributed by atoms with van der Waals surface area (Å²) < 4.78 is 11.1. The second-order valence-corrected chi connectivity index (χ2v) is 8.06. The number of nitrogens with zero attached hydrogens (tertiary/aromatic N) is 3. The van der Waals surface area contributed by atoms with Crippen LogP contribution in [-0.4, -0.2) is 59.2 Å². The minimum atomic E-state index is -0.711. The molecule has 158 valence electrons. The fourth-order valence-electron chi connectivity index (χ4n) is 4.75. The number of hydrogen-bond acceptors (Lipinski definition) is 5. The Balaban J connectivity index is 1.68. The van der Waals surface area contributed by atoms with E-state index in [1.165, 1.54) is 7.11 Å². The van der Waals surface area contributed by atoms with Crippen molar-refractivity contribution in [3.05, 3.63) is 66.0 Å². The van der Waals surface area contributed by atoms with Crippen LogP contribution in [0.1, 0.15) is 30.9 Å². The number of aromatic nitrogens is 1. The normalized spacial score (nSPS) is 22.9. The molecule has 0 N–H and O–H groups in total. The Hall–Kier alpha value is -2.93. The van der Waals surface area contributed by atoms with E-state index in [1.807, 2.05) is 47.4 Å². The SMILES string of the molecule is COCC(=O)N1CCC2(CC1)OC(=O)N(Cc1cccnc1)C2(C)c1ccccc1. The zero-order chi connectivity index (χ0) is 21.2. The number of rotatable bonds is 5. The summed E-state index contributed by atoms with van der Waals surface area (Å²) in [7, 11) is 1.52. The first-order chi connectivity index (χ1) is 14.5. The molecule has 1 unspecified atom stereocenters. The highest BCUT2D eigenvalue weighted by Gasteiger charge is 2.63. The Labute approximate surface area is 176 Å². The van der Waals surface area contributed by atoms with Crippen LogP contribution in [0.3, 0.4) is 0 Å². The molecule has 30 heavy (non-hydrogen) atoms. The van der Waals surface area contributed by atoms with Gasteiger partial charge < -0.3 is 14.4 Å². The number of ether oxygens (including phenoxy) is 2. The molecule has 0 saturated carbocycles. The van der Waals surface area contributed by atoms with Gasteiger partial charge in [-0.15, -0.1) is 0 Å². The lowest BCUT2D eigenvalue weighted by molar-refractivity contribution is -0.140. The standard InChI is InChI=1S/C23H27N3O4/c1-22(19-8-4-3-5-9-19)23(10-13-25(14-11-23)20(27)17-29-2)30-21(28)26(22)16-18-7-6-12-24-15-18/h3-9,12,15H,10-11,13-14,16-17H2,1-2H3. The lowest BCUT2D eigenvalue weighted by Gasteiger charge is -2.48. The zero-order valence-corrected chi connectivity index (χ0v) is 17.4. The van der Waals surface area contributed by atoms with E-state index >= 15 is 0 Å². The van der Waals surface area contributed by atoms with Gasteiger partial charge in [0.25, 0.3) is 0 Å². The summed E-state index contributed by atoms with van der Waals surface area (Å²) in [4.78, 5) is 33.2. The molecule has 1 aromatic carbocycles. The molecule has 2 aliphatic heterocycles. The van der Waals surface area contributed by atoms with E-state index in [1.54, 1.807) is 17.3 Å². The Kier molecular flexibility index (Phi) is 5.47. The largest absolute Gasteiger partial charge is 0.440 e. The van der Waals surface area contributed by atoms with E-state index in [0.29, 0.717) is 32.5 Å². The zero-order valence-electron chi connectivity index (χ0n) is 17.4. The number of pyridine rings is 1. The molecule has 1 spiro atoms. The topological polar surface area (TPSA) is 72.0 Å². The first-order valence-electron chi connectivity index (χ1n) is 10.2. The number of piperidine rings is 1. The first kappa shape index (κ1) is 20.3. The van der Waals surface area contributed by atoms with Crippen LogP contribution in [0.5, 0.6) is 0 Å². The van der Waals surface area contributed by atoms with Gasteiger partial charge in [-0.1, -0.05) is 36.4 Å². The maximum atomic E-state index is 13.1. The van der Waals surface area contributed by atoms with Gasteiger partial charge in [0, 0.05) is 45.4 Å². The van der Waals surface area contributed by atoms with Crippen molar-refractivity contribution in [1.82, 2.24) is 14.8 Å². The van der Waals surface area contributed by atoms with Gasteiger partial charge in [0.2, 0.25) is 5.91 Å². The second kappa shape index (κ2) is 8.07. The molecule has 2 aromatic rings. The number of carbonyl (C=O) groups excluding carboxylic acids is 2. The van der Waals surface area contributed by atoms with Gasteiger partial charge >= 0.3 is 6.09 Å². The van der Waals surface area contributed by atoms with Crippen LogP contribution in [-0.2, 0) is 26.4 Å². The summed E-state index contributed by atoms with van der Waals surface area (Å²) in [6.45, 7) is 3.61. The fourth-order valence-corrected chi connectivity index (χ4v) is 4.75. The summed E-state index contributed by atoms with van der Waals surface area (Å²) in [6.07, 6.45) is 4.31. The molecule has 2 aliphatic rings. The average Bonchev–Trinajstić information content (AvgIpc) is 2.97. The highest BCUT2D eigenvalue weighted by atomic mass is 16.6. The van der Waals surface area contributed by atoms with Crippen LogP contribution >= 0.6 is 0 Å². The fraction of sp³-hybridized carbons (Fsp3) is 0.435. The smallest absolute Gasteiger partial charge is 0.411 e. The van der Waals surface area contributed by atoms with Crippen molar-refractivity contribution in [2.45, 2.75) is 37.5 Å². The molecule has 7 heteroatoms. The number of benzene rings is 1. The third-order valence-electron chi connectivity index (χ3n) is 6.52. The van der Waals surface area contributed by atoms with E-state index in [0.717, 1.165) is 11.1 Å². The molecule has 0 aliphatic carbocycles. The van der Waals surface area contributed by atoms with Gasteiger partial charge in [0.1, 0.15) is 17.7 Å². The summed E-state index contributed by atoms with van der Waals surface area (Å²) >= 11 is 0. The van der Waals surface area contributed by atoms with Gasteiger partial charge in [-0.3, -0.25) is 14.7 Å². The van der Waals surface area contributed by atoms with E-state index in [9.17, 15) is 9.59 Å². The summed E-state index contributed by atoms with van der Waals surface area (Å²) in [6, 6.07) is 13.8. The van der Waals surface area contributed by atoms with Crippen LogP contribution < -0.4 is 0 Å². The Morgan fingerprint density at radius 3 is 2.53 bits per heavy atom. The highest BCUT2D eigenvalue weighted by Crippen LogP contribution is 2.52.